The SMILES string of the molecule is COc1cccc(C(=O)COC(=O)c2cccc(N3C(=O)[C@H]4[C@@H]5C[C@@H]([C@@H]4C3=O)[C@@H](c3ccccc3)C5)c2)c1. The zero-order valence-corrected chi connectivity index (χ0v) is 20.9. The van der Waals surface area contributed by atoms with Crippen molar-refractivity contribution >= 4 is 29.3 Å². The lowest BCUT2D eigenvalue weighted by atomic mass is 9.73. The van der Waals surface area contributed by atoms with E-state index in [1.165, 1.54) is 23.6 Å². The molecule has 1 saturated heterocycles. The largest absolute Gasteiger partial charge is 0.497 e. The minimum Gasteiger partial charge on any atom is -0.497 e. The molecule has 3 aromatic rings. The summed E-state index contributed by atoms with van der Waals surface area (Å²) in [6.45, 7) is -0.438. The summed E-state index contributed by atoms with van der Waals surface area (Å²) in [5.74, 6) is -0.931. The second-order valence-corrected chi connectivity index (χ2v) is 10.3. The van der Waals surface area contributed by atoms with Crippen molar-refractivity contribution in [3.8, 4) is 5.75 Å². The number of ether oxygens (including phenoxy) is 2. The number of methoxy groups -OCH3 is 1. The van der Waals surface area contributed by atoms with Gasteiger partial charge in [0.2, 0.25) is 11.8 Å². The van der Waals surface area contributed by atoms with E-state index in [4.69, 9.17) is 9.47 Å². The van der Waals surface area contributed by atoms with E-state index in [0.717, 1.165) is 12.8 Å². The van der Waals surface area contributed by atoms with Crippen LogP contribution in [0.3, 0.4) is 0 Å². The van der Waals surface area contributed by atoms with Gasteiger partial charge in [-0.1, -0.05) is 48.5 Å². The van der Waals surface area contributed by atoms with Gasteiger partial charge in [0.15, 0.2) is 12.4 Å². The molecule has 0 radical (unpaired) electrons. The maximum absolute atomic E-state index is 13.6. The van der Waals surface area contributed by atoms with Crippen LogP contribution < -0.4 is 9.64 Å². The van der Waals surface area contributed by atoms with E-state index in [0.29, 0.717) is 17.0 Å². The number of rotatable bonds is 7. The van der Waals surface area contributed by atoms with E-state index < -0.39 is 12.6 Å². The molecule has 5 atom stereocenters. The molecule has 3 aliphatic rings. The van der Waals surface area contributed by atoms with Gasteiger partial charge in [-0.25, -0.2) is 4.79 Å². The number of benzene rings is 3. The quantitative estimate of drug-likeness (QED) is 0.261. The maximum atomic E-state index is 13.6. The van der Waals surface area contributed by atoms with Crippen LogP contribution in [-0.2, 0) is 14.3 Å². The molecule has 3 fully saturated rings. The molecule has 2 amide bonds. The van der Waals surface area contributed by atoms with E-state index in [1.807, 2.05) is 18.2 Å². The van der Waals surface area contributed by atoms with Gasteiger partial charge in [0.05, 0.1) is 30.2 Å². The second-order valence-electron chi connectivity index (χ2n) is 10.3. The fourth-order valence-corrected chi connectivity index (χ4v) is 6.66. The topological polar surface area (TPSA) is 90.0 Å². The predicted octanol–water partition coefficient (Wildman–Crippen LogP) is 4.66. The molecule has 7 nitrogen and oxygen atoms in total. The number of Topliss-reactive ketones (excluding diaryl/α,β-unsaturated/α-hetero) is 1. The van der Waals surface area contributed by atoms with Crippen molar-refractivity contribution in [2.45, 2.75) is 18.8 Å². The Bertz CT molecular complexity index is 1430. The molecule has 2 saturated carbocycles. The van der Waals surface area contributed by atoms with Crippen LogP contribution in [0.15, 0.2) is 78.9 Å². The summed E-state index contributed by atoms with van der Waals surface area (Å²) < 4.78 is 10.4. The fraction of sp³-hybridized carbons (Fsp3) is 0.290. The minimum atomic E-state index is -0.702. The molecule has 38 heavy (non-hydrogen) atoms. The standard InChI is InChI=1S/C31H27NO6/c1-37-23-12-6-9-19(14-23)26(33)17-38-31(36)20-10-5-11-22(13-20)32-29(34)27-21-15-24(18-7-3-2-4-8-18)25(16-21)28(27)30(32)35/h2-14,21,24-25,27-28H,15-17H2,1H3/t21-,24+,25+,27-,28-/m0/s1. The highest BCUT2D eigenvalue weighted by atomic mass is 16.5. The lowest BCUT2D eigenvalue weighted by molar-refractivity contribution is -0.123. The number of anilines is 1. The number of fused-ring (bicyclic) bond motifs is 5. The lowest BCUT2D eigenvalue weighted by Crippen LogP contribution is -2.33. The molecule has 6 rings (SSSR count). The van der Waals surface area contributed by atoms with E-state index in [9.17, 15) is 19.2 Å². The molecule has 2 aliphatic carbocycles. The summed E-state index contributed by atoms with van der Waals surface area (Å²) in [4.78, 5) is 53.6. The third-order valence-corrected chi connectivity index (χ3v) is 8.31. The summed E-state index contributed by atoms with van der Waals surface area (Å²) >= 11 is 0. The number of carbonyl (C=O) groups excluding carboxylic acids is 4. The van der Waals surface area contributed by atoms with Gasteiger partial charge < -0.3 is 9.47 Å². The smallest absolute Gasteiger partial charge is 0.338 e. The minimum absolute atomic E-state index is 0.143. The summed E-state index contributed by atoms with van der Waals surface area (Å²) in [6.07, 6.45) is 1.81. The molecular formula is C31H27NO6. The van der Waals surface area contributed by atoms with Crippen molar-refractivity contribution in [2.24, 2.45) is 23.7 Å². The van der Waals surface area contributed by atoms with Crippen LogP contribution in [0.4, 0.5) is 5.69 Å². The third kappa shape index (κ3) is 3.99. The Morgan fingerprint density at radius 3 is 2.37 bits per heavy atom. The molecule has 1 aliphatic heterocycles. The normalized spacial score (nSPS) is 25.4. The first-order valence-electron chi connectivity index (χ1n) is 12.8. The molecular weight excluding hydrogens is 482 g/mol. The maximum Gasteiger partial charge on any atom is 0.338 e. The number of amides is 2. The molecule has 0 unspecified atom stereocenters. The first-order valence-corrected chi connectivity index (χ1v) is 12.8. The molecule has 7 heteroatoms. The molecule has 0 N–H and O–H groups in total. The summed E-state index contributed by atoms with van der Waals surface area (Å²) in [6, 6.07) is 23.1. The van der Waals surface area contributed by atoms with Gasteiger partial charge in [0.25, 0.3) is 0 Å². The molecule has 0 spiro atoms. The van der Waals surface area contributed by atoms with Crippen LogP contribution in [-0.4, -0.2) is 37.3 Å². The van der Waals surface area contributed by atoms with Gasteiger partial charge >= 0.3 is 5.97 Å². The van der Waals surface area contributed by atoms with Gasteiger partial charge in [-0.2, -0.15) is 0 Å². The lowest BCUT2D eigenvalue weighted by Gasteiger charge is -2.28. The first kappa shape index (κ1) is 24.1. The second kappa shape index (κ2) is 9.56. The first-order chi connectivity index (χ1) is 18.5. The van der Waals surface area contributed by atoms with Crippen molar-refractivity contribution < 1.29 is 28.7 Å². The molecule has 0 aromatic heterocycles. The van der Waals surface area contributed by atoms with Crippen molar-refractivity contribution in [3.05, 3.63) is 95.6 Å². The van der Waals surface area contributed by atoms with Crippen molar-refractivity contribution in [2.75, 3.05) is 18.6 Å². The molecule has 2 bridgehead atoms. The van der Waals surface area contributed by atoms with Crippen LogP contribution >= 0.6 is 0 Å². The molecule has 192 valence electrons. The van der Waals surface area contributed by atoms with Gasteiger partial charge in [0, 0.05) is 5.56 Å². The Balaban J connectivity index is 1.17. The van der Waals surface area contributed by atoms with E-state index in [-0.39, 0.29) is 52.8 Å². The van der Waals surface area contributed by atoms with Crippen molar-refractivity contribution in [1.82, 2.24) is 0 Å². The van der Waals surface area contributed by atoms with Crippen LogP contribution in [0.1, 0.15) is 45.0 Å². The summed E-state index contributed by atoms with van der Waals surface area (Å²) in [7, 11) is 1.51. The van der Waals surface area contributed by atoms with Crippen molar-refractivity contribution in [1.29, 1.82) is 0 Å². The number of esters is 1. The van der Waals surface area contributed by atoms with Crippen LogP contribution in [0.2, 0.25) is 0 Å². The number of ketones is 1. The Labute approximate surface area is 220 Å². The van der Waals surface area contributed by atoms with Gasteiger partial charge in [-0.05, 0) is 66.5 Å². The number of carbonyl (C=O) groups is 4. The van der Waals surface area contributed by atoms with Gasteiger partial charge in [0.1, 0.15) is 5.75 Å². The average molecular weight is 510 g/mol. The third-order valence-electron chi connectivity index (χ3n) is 8.31. The summed E-state index contributed by atoms with van der Waals surface area (Å²) in [5.41, 5.74) is 2.13. The predicted molar refractivity (Wildman–Crippen MR) is 139 cm³/mol. The fourth-order valence-electron chi connectivity index (χ4n) is 6.66. The van der Waals surface area contributed by atoms with Gasteiger partial charge in [-0.15, -0.1) is 0 Å². The van der Waals surface area contributed by atoms with E-state index >= 15 is 0 Å². The van der Waals surface area contributed by atoms with Crippen LogP contribution in [0.25, 0.3) is 0 Å². The van der Waals surface area contributed by atoms with Gasteiger partial charge in [-0.3, -0.25) is 19.3 Å². The number of hydrogen-bond acceptors (Lipinski definition) is 6. The Morgan fingerprint density at radius 2 is 1.58 bits per heavy atom. The highest BCUT2D eigenvalue weighted by Crippen LogP contribution is 2.61. The highest BCUT2D eigenvalue weighted by molar-refractivity contribution is 6.23. The highest BCUT2D eigenvalue weighted by Gasteiger charge is 2.64. The number of hydrogen-bond donors (Lipinski definition) is 0. The Morgan fingerprint density at radius 1 is 0.842 bits per heavy atom. The Kier molecular flexibility index (Phi) is 6.06. The zero-order chi connectivity index (χ0) is 26.4. The van der Waals surface area contributed by atoms with E-state index in [1.54, 1.807) is 42.5 Å². The molecule has 1 heterocycles. The number of nitrogens with zero attached hydrogens (tertiary/aromatic N) is 1. The van der Waals surface area contributed by atoms with Crippen LogP contribution in [0.5, 0.6) is 5.75 Å². The average Bonchev–Trinajstić information content (AvgIpc) is 3.63. The zero-order valence-electron chi connectivity index (χ0n) is 20.9. The van der Waals surface area contributed by atoms with Crippen molar-refractivity contribution in [3.63, 3.8) is 0 Å². The van der Waals surface area contributed by atoms with Crippen LogP contribution in [0, 0.1) is 23.7 Å². The molecule has 3 aromatic carbocycles. The van der Waals surface area contributed by atoms with E-state index in [2.05, 4.69) is 12.1 Å². The summed E-state index contributed by atoms with van der Waals surface area (Å²) in [5, 5.41) is 0. The number of imide groups is 1. The Hall–Kier alpha value is -4.26. The monoisotopic (exact) mass is 509 g/mol.